The Kier molecular flexibility index (Phi) is 5.42. The van der Waals surface area contributed by atoms with E-state index in [1.54, 1.807) is 11.8 Å². The van der Waals surface area contributed by atoms with Crippen molar-refractivity contribution in [3.63, 3.8) is 0 Å². The van der Waals surface area contributed by atoms with Crippen LogP contribution < -0.4 is 5.32 Å². The number of thioether (sulfide) groups is 1. The van der Waals surface area contributed by atoms with Crippen molar-refractivity contribution in [2.24, 2.45) is 0 Å². The standard InChI is InChI=1S/C14H18ClNOS/c1-16-13(14-7-2-3-8-17-14)10-18-12-6-4-5-11(15)9-12/h4-7,9,13,16H,2-3,8,10H2,1H3. The molecule has 1 aromatic carbocycles. The quantitative estimate of drug-likeness (QED) is 0.833. The molecule has 1 aromatic rings. The van der Waals surface area contributed by atoms with Crippen LogP contribution in [0.2, 0.25) is 5.02 Å². The van der Waals surface area contributed by atoms with Gasteiger partial charge in [0.2, 0.25) is 0 Å². The second kappa shape index (κ2) is 7.07. The summed E-state index contributed by atoms with van der Waals surface area (Å²) in [6.07, 6.45) is 4.44. The lowest BCUT2D eigenvalue weighted by Gasteiger charge is -2.23. The van der Waals surface area contributed by atoms with Crippen molar-refractivity contribution in [3.05, 3.63) is 41.1 Å². The van der Waals surface area contributed by atoms with Crippen LogP contribution >= 0.6 is 23.4 Å². The van der Waals surface area contributed by atoms with Crippen LogP contribution in [0.25, 0.3) is 0 Å². The molecular weight excluding hydrogens is 266 g/mol. The summed E-state index contributed by atoms with van der Waals surface area (Å²) in [7, 11) is 1.97. The van der Waals surface area contributed by atoms with E-state index in [4.69, 9.17) is 16.3 Å². The molecular formula is C14H18ClNOS. The summed E-state index contributed by atoms with van der Waals surface area (Å²) < 4.78 is 5.70. The van der Waals surface area contributed by atoms with Gasteiger partial charge < -0.3 is 10.1 Å². The molecule has 4 heteroatoms. The second-order valence-electron chi connectivity index (χ2n) is 4.21. The Morgan fingerprint density at radius 2 is 2.39 bits per heavy atom. The zero-order valence-electron chi connectivity index (χ0n) is 10.5. The van der Waals surface area contributed by atoms with Crippen LogP contribution in [0.1, 0.15) is 12.8 Å². The molecule has 1 heterocycles. The number of hydrogen-bond donors (Lipinski definition) is 1. The van der Waals surface area contributed by atoms with Crippen LogP contribution in [0.15, 0.2) is 41.0 Å². The first kappa shape index (κ1) is 13.8. The molecule has 98 valence electrons. The zero-order valence-corrected chi connectivity index (χ0v) is 12.1. The number of allylic oxidation sites excluding steroid dienone is 1. The monoisotopic (exact) mass is 283 g/mol. The van der Waals surface area contributed by atoms with Gasteiger partial charge in [-0.2, -0.15) is 0 Å². The van der Waals surface area contributed by atoms with E-state index >= 15 is 0 Å². The predicted octanol–water partition coefficient (Wildman–Crippen LogP) is 3.71. The molecule has 0 saturated heterocycles. The summed E-state index contributed by atoms with van der Waals surface area (Å²) in [5, 5.41) is 4.10. The number of benzene rings is 1. The molecule has 2 nitrogen and oxygen atoms in total. The number of hydrogen-bond acceptors (Lipinski definition) is 3. The van der Waals surface area contributed by atoms with Crippen LogP contribution in [-0.2, 0) is 4.74 Å². The van der Waals surface area contributed by atoms with E-state index < -0.39 is 0 Å². The van der Waals surface area contributed by atoms with Gasteiger partial charge in [0.15, 0.2) is 0 Å². The Morgan fingerprint density at radius 3 is 3.06 bits per heavy atom. The normalized spacial score (nSPS) is 16.9. The molecule has 1 aliphatic heterocycles. The molecule has 18 heavy (non-hydrogen) atoms. The van der Waals surface area contributed by atoms with Gasteiger partial charge in [-0.15, -0.1) is 11.8 Å². The van der Waals surface area contributed by atoms with Crippen LogP contribution in [0.5, 0.6) is 0 Å². The maximum atomic E-state index is 5.98. The molecule has 0 spiro atoms. The molecule has 0 aliphatic carbocycles. The molecule has 1 unspecified atom stereocenters. The van der Waals surface area contributed by atoms with Gasteiger partial charge in [0.1, 0.15) is 5.76 Å². The van der Waals surface area contributed by atoms with Crippen LogP contribution in [0.3, 0.4) is 0 Å². The van der Waals surface area contributed by atoms with Crippen molar-refractivity contribution in [2.75, 3.05) is 19.4 Å². The topological polar surface area (TPSA) is 21.3 Å². The van der Waals surface area contributed by atoms with Gasteiger partial charge in [0, 0.05) is 15.7 Å². The van der Waals surface area contributed by atoms with Crippen molar-refractivity contribution in [3.8, 4) is 0 Å². The lowest BCUT2D eigenvalue weighted by molar-refractivity contribution is 0.173. The zero-order chi connectivity index (χ0) is 12.8. The molecule has 0 radical (unpaired) electrons. The fourth-order valence-electron chi connectivity index (χ4n) is 1.86. The van der Waals surface area contributed by atoms with E-state index in [1.165, 1.54) is 4.90 Å². The first-order valence-electron chi connectivity index (χ1n) is 6.18. The third-order valence-electron chi connectivity index (χ3n) is 2.87. The highest BCUT2D eigenvalue weighted by atomic mass is 35.5. The highest BCUT2D eigenvalue weighted by Gasteiger charge is 2.16. The Labute approximate surface area is 118 Å². The second-order valence-corrected chi connectivity index (χ2v) is 5.74. The lowest BCUT2D eigenvalue weighted by atomic mass is 10.2. The maximum absolute atomic E-state index is 5.98. The molecule has 0 saturated carbocycles. The number of halogens is 1. The molecule has 0 fully saturated rings. The summed E-state index contributed by atoms with van der Waals surface area (Å²) in [5.74, 6) is 2.03. The molecule has 0 aromatic heterocycles. The van der Waals surface area contributed by atoms with Gasteiger partial charge in [-0.25, -0.2) is 0 Å². The lowest BCUT2D eigenvalue weighted by Crippen LogP contribution is -2.32. The summed E-state index contributed by atoms with van der Waals surface area (Å²) in [4.78, 5) is 1.19. The number of rotatable bonds is 5. The average Bonchev–Trinajstić information content (AvgIpc) is 2.41. The first-order chi connectivity index (χ1) is 8.79. The van der Waals surface area contributed by atoms with Gasteiger partial charge in [-0.05, 0) is 44.2 Å². The SMILES string of the molecule is CNC(CSc1cccc(Cl)c1)C1=CCCCO1. The smallest absolute Gasteiger partial charge is 0.110 e. The van der Waals surface area contributed by atoms with Crippen LogP contribution in [-0.4, -0.2) is 25.4 Å². The van der Waals surface area contributed by atoms with Gasteiger partial charge in [-0.1, -0.05) is 17.7 Å². The molecule has 1 N–H and O–H groups in total. The van der Waals surface area contributed by atoms with Crippen molar-refractivity contribution in [1.82, 2.24) is 5.32 Å². The maximum Gasteiger partial charge on any atom is 0.110 e. The minimum absolute atomic E-state index is 0.272. The summed E-state index contributed by atoms with van der Waals surface area (Å²) in [5.41, 5.74) is 0. The minimum Gasteiger partial charge on any atom is -0.497 e. The van der Waals surface area contributed by atoms with E-state index in [1.807, 2.05) is 25.2 Å². The summed E-state index contributed by atoms with van der Waals surface area (Å²) >= 11 is 7.77. The average molecular weight is 284 g/mol. The Hall–Kier alpha value is -0.640. The first-order valence-corrected chi connectivity index (χ1v) is 7.54. The van der Waals surface area contributed by atoms with E-state index in [0.29, 0.717) is 0 Å². The molecule has 0 amide bonds. The minimum atomic E-state index is 0.272. The molecule has 2 rings (SSSR count). The highest BCUT2D eigenvalue weighted by Crippen LogP contribution is 2.24. The largest absolute Gasteiger partial charge is 0.497 e. The third-order valence-corrected chi connectivity index (χ3v) is 4.19. The van der Waals surface area contributed by atoms with E-state index in [0.717, 1.165) is 36.0 Å². The van der Waals surface area contributed by atoms with Gasteiger partial charge in [0.05, 0.1) is 12.6 Å². The highest BCUT2D eigenvalue weighted by molar-refractivity contribution is 7.99. The van der Waals surface area contributed by atoms with E-state index in [2.05, 4.69) is 17.5 Å². The van der Waals surface area contributed by atoms with E-state index in [-0.39, 0.29) is 6.04 Å². The van der Waals surface area contributed by atoms with Crippen LogP contribution in [0.4, 0.5) is 0 Å². The van der Waals surface area contributed by atoms with E-state index in [9.17, 15) is 0 Å². The Morgan fingerprint density at radius 1 is 1.50 bits per heavy atom. The number of ether oxygens (including phenoxy) is 1. The van der Waals surface area contributed by atoms with Gasteiger partial charge >= 0.3 is 0 Å². The fraction of sp³-hybridized carbons (Fsp3) is 0.429. The Bertz CT molecular complexity index is 422. The van der Waals surface area contributed by atoms with Gasteiger partial charge in [0.25, 0.3) is 0 Å². The third kappa shape index (κ3) is 3.94. The summed E-state index contributed by atoms with van der Waals surface area (Å²) in [6.45, 7) is 0.839. The van der Waals surface area contributed by atoms with Crippen molar-refractivity contribution in [2.45, 2.75) is 23.8 Å². The Balaban J connectivity index is 1.92. The predicted molar refractivity (Wildman–Crippen MR) is 78.3 cm³/mol. The van der Waals surface area contributed by atoms with Crippen molar-refractivity contribution in [1.29, 1.82) is 0 Å². The molecule has 1 atom stereocenters. The van der Waals surface area contributed by atoms with Crippen LogP contribution in [0, 0.1) is 0 Å². The van der Waals surface area contributed by atoms with Crippen molar-refractivity contribution < 1.29 is 4.74 Å². The van der Waals surface area contributed by atoms with Gasteiger partial charge in [-0.3, -0.25) is 0 Å². The number of likely N-dealkylation sites (N-methyl/N-ethyl adjacent to an activating group) is 1. The molecule has 0 bridgehead atoms. The fourth-order valence-corrected chi connectivity index (χ4v) is 3.19. The van der Waals surface area contributed by atoms with Crippen molar-refractivity contribution >= 4 is 23.4 Å². The molecule has 1 aliphatic rings. The summed E-state index contributed by atoms with van der Waals surface area (Å²) in [6, 6.07) is 8.23. The number of nitrogens with one attached hydrogen (secondary N) is 1.